The summed E-state index contributed by atoms with van der Waals surface area (Å²) in [5.41, 5.74) is -0.757. The Morgan fingerprint density at radius 3 is 2.40 bits per heavy atom. The van der Waals surface area contributed by atoms with Gasteiger partial charge in [0.05, 0.1) is 5.56 Å². The van der Waals surface area contributed by atoms with E-state index in [2.05, 4.69) is 4.74 Å². The highest BCUT2D eigenvalue weighted by Gasteiger charge is 2.20. The molecule has 6 heteroatoms. The standard InChI is InChI=1S/C9H6F2O4/c1-4(12)15-8-6(10)3-2-5(7(8)11)9(13)14/h2-3H,1H3,(H,13,14). The number of hydrogen-bond acceptors (Lipinski definition) is 3. The van der Waals surface area contributed by atoms with Gasteiger partial charge in [-0.25, -0.2) is 13.6 Å². The van der Waals surface area contributed by atoms with Crippen molar-refractivity contribution in [2.75, 3.05) is 0 Å². The maximum absolute atomic E-state index is 13.2. The van der Waals surface area contributed by atoms with Gasteiger partial charge >= 0.3 is 11.9 Å². The number of carboxylic acids is 1. The lowest BCUT2D eigenvalue weighted by Gasteiger charge is -2.05. The van der Waals surface area contributed by atoms with E-state index in [1.54, 1.807) is 0 Å². The van der Waals surface area contributed by atoms with Gasteiger partial charge in [-0.3, -0.25) is 4.79 Å². The zero-order chi connectivity index (χ0) is 11.6. The number of rotatable bonds is 2. The van der Waals surface area contributed by atoms with E-state index >= 15 is 0 Å². The van der Waals surface area contributed by atoms with Crippen LogP contribution in [0.2, 0.25) is 0 Å². The number of carboxylic acid groups (broad SMARTS) is 1. The van der Waals surface area contributed by atoms with Crippen LogP contribution in [0.15, 0.2) is 12.1 Å². The lowest BCUT2D eigenvalue weighted by Crippen LogP contribution is -2.09. The summed E-state index contributed by atoms with van der Waals surface area (Å²) >= 11 is 0. The summed E-state index contributed by atoms with van der Waals surface area (Å²) in [5, 5.41) is 8.51. The van der Waals surface area contributed by atoms with E-state index in [1.165, 1.54) is 0 Å². The fraction of sp³-hybridized carbons (Fsp3) is 0.111. The van der Waals surface area contributed by atoms with E-state index in [1.807, 2.05) is 0 Å². The van der Waals surface area contributed by atoms with Crippen LogP contribution in [0.5, 0.6) is 5.75 Å². The monoisotopic (exact) mass is 216 g/mol. The first kappa shape index (κ1) is 11.1. The molecule has 80 valence electrons. The number of carbonyl (C=O) groups is 2. The van der Waals surface area contributed by atoms with Gasteiger partial charge in [-0.05, 0) is 12.1 Å². The summed E-state index contributed by atoms with van der Waals surface area (Å²) in [5.74, 6) is -6.04. The first-order valence-electron chi connectivity index (χ1n) is 3.83. The third-order valence-corrected chi connectivity index (χ3v) is 1.53. The summed E-state index contributed by atoms with van der Waals surface area (Å²) in [6, 6.07) is 1.46. The van der Waals surface area contributed by atoms with Gasteiger partial charge in [0.15, 0.2) is 11.6 Å². The van der Waals surface area contributed by atoms with Gasteiger partial charge in [-0.2, -0.15) is 0 Å². The number of hydrogen-bond donors (Lipinski definition) is 1. The Balaban J connectivity index is 3.29. The van der Waals surface area contributed by atoms with E-state index in [0.29, 0.717) is 6.07 Å². The fourth-order valence-corrected chi connectivity index (χ4v) is 0.935. The predicted molar refractivity (Wildman–Crippen MR) is 44.6 cm³/mol. The Kier molecular flexibility index (Phi) is 2.99. The van der Waals surface area contributed by atoms with E-state index < -0.39 is 34.9 Å². The van der Waals surface area contributed by atoms with E-state index in [4.69, 9.17) is 5.11 Å². The Morgan fingerprint density at radius 2 is 1.93 bits per heavy atom. The summed E-state index contributed by atoms with van der Waals surface area (Å²) in [7, 11) is 0. The van der Waals surface area contributed by atoms with E-state index in [9.17, 15) is 18.4 Å². The number of ether oxygens (including phenoxy) is 1. The Bertz CT molecular complexity index is 428. The van der Waals surface area contributed by atoms with Gasteiger partial charge in [0.1, 0.15) is 0 Å². The molecular weight excluding hydrogens is 210 g/mol. The van der Waals surface area contributed by atoms with Crippen molar-refractivity contribution in [1.82, 2.24) is 0 Å². The molecule has 0 saturated carbocycles. The molecule has 0 atom stereocenters. The van der Waals surface area contributed by atoms with Gasteiger partial charge in [-0.15, -0.1) is 0 Å². The quantitative estimate of drug-likeness (QED) is 0.602. The molecule has 1 rings (SSSR count). The molecule has 0 bridgehead atoms. The molecule has 0 spiro atoms. The molecule has 0 amide bonds. The highest BCUT2D eigenvalue weighted by molar-refractivity contribution is 5.88. The topological polar surface area (TPSA) is 63.6 Å². The van der Waals surface area contributed by atoms with Gasteiger partial charge in [0, 0.05) is 6.92 Å². The van der Waals surface area contributed by atoms with Crippen LogP contribution >= 0.6 is 0 Å². The molecule has 1 aromatic rings. The second kappa shape index (κ2) is 4.04. The highest BCUT2D eigenvalue weighted by atomic mass is 19.1. The molecule has 0 heterocycles. The third-order valence-electron chi connectivity index (χ3n) is 1.53. The lowest BCUT2D eigenvalue weighted by atomic mass is 10.2. The third kappa shape index (κ3) is 2.28. The molecule has 0 unspecified atom stereocenters. The van der Waals surface area contributed by atoms with E-state index in [0.717, 1.165) is 13.0 Å². The number of benzene rings is 1. The average Bonchev–Trinajstić information content (AvgIpc) is 2.11. The molecule has 0 aliphatic carbocycles. The van der Waals surface area contributed by atoms with Crippen molar-refractivity contribution >= 4 is 11.9 Å². The molecule has 1 N–H and O–H groups in total. The molecule has 0 radical (unpaired) electrons. The van der Waals surface area contributed by atoms with Crippen LogP contribution in [0.1, 0.15) is 17.3 Å². The molecule has 1 aromatic carbocycles. The minimum absolute atomic E-state index is 0.713. The largest absolute Gasteiger partial charge is 0.478 e. The minimum Gasteiger partial charge on any atom is -0.478 e. The summed E-state index contributed by atoms with van der Waals surface area (Å²) in [6.45, 7) is 0.951. The molecule has 0 aliphatic rings. The lowest BCUT2D eigenvalue weighted by molar-refractivity contribution is -0.132. The highest BCUT2D eigenvalue weighted by Crippen LogP contribution is 2.24. The number of halogens is 2. The molecule has 0 fully saturated rings. The molecule has 0 aliphatic heterocycles. The van der Waals surface area contributed by atoms with Crippen LogP contribution in [0.3, 0.4) is 0 Å². The molecule has 0 aromatic heterocycles. The van der Waals surface area contributed by atoms with Crippen molar-refractivity contribution in [2.45, 2.75) is 6.92 Å². The van der Waals surface area contributed by atoms with Crippen LogP contribution in [0, 0.1) is 11.6 Å². The Morgan fingerprint density at radius 1 is 1.33 bits per heavy atom. The summed E-state index contributed by atoms with van der Waals surface area (Å²) in [6.07, 6.45) is 0. The summed E-state index contributed by atoms with van der Waals surface area (Å²) < 4.78 is 30.4. The van der Waals surface area contributed by atoms with Crippen molar-refractivity contribution < 1.29 is 28.2 Å². The van der Waals surface area contributed by atoms with Crippen LogP contribution in [-0.4, -0.2) is 17.0 Å². The first-order chi connectivity index (χ1) is 6.93. The minimum atomic E-state index is -1.57. The molecular formula is C9H6F2O4. The average molecular weight is 216 g/mol. The summed E-state index contributed by atoms with van der Waals surface area (Å²) in [4.78, 5) is 21.0. The van der Waals surface area contributed by atoms with Crippen molar-refractivity contribution in [3.05, 3.63) is 29.3 Å². The van der Waals surface area contributed by atoms with Crippen LogP contribution in [-0.2, 0) is 4.79 Å². The second-order valence-electron chi connectivity index (χ2n) is 2.64. The smallest absolute Gasteiger partial charge is 0.338 e. The van der Waals surface area contributed by atoms with Gasteiger partial charge in [-0.1, -0.05) is 0 Å². The number of aromatic carboxylic acids is 1. The normalized spacial score (nSPS) is 9.80. The Hall–Kier alpha value is -1.98. The van der Waals surface area contributed by atoms with Crippen LogP contribution in [0.4, 0.5) is 8.78 Å². The Labute approximate surface area is 83.1 Å². The maximum Gasteiger partial charge on any atom is 0.338 e. The fourth-order valence-electron chi connectivity index (χ4n) is 0.935. The second-order valence-corrected chi connectivity index (χ2v) is 2.64. The number of carbonyl (C=O) groups excluding carboxylic acids is 1. The van der Waals surface area contributed by atoms with Gasteiger partial charge in [0.2, 0.25) is 5.75 Å². The SMILES string of the molecule is CC(=O)Oc1c(F)ccc(C(=O)O)c1F. The van der Waals surface area contributed by atoms with E-state index in [-0.39, 0.29) is 0 Å². The van der Waals surface area contributed by atoms with Crippen molar-refractivity contribution in [2.24, 2.45) is 0 Å². The first-order valence-corrected chi connectivity index (χ1v) is 3.83. The van der Waals surface area contributed by atoms with Crippen molar-refractivity contribution in [3.8, 4) is 5.75 Å². The molecule has 0 saturated heterocycles. The van der Waals surface area contributed by atoms with Crippen LogP contribution < -0.4 is 4.74 Å². The number of esters is 1. The van der Waals surface area contributed by atoms with Gasteiger partial charge in [0.25, 0.3) is 0 Å². The molecule has 4 nitrogen and oxygen atoms in total. The molecule has 15 heavy (non-hydrogen) atoms. The predicted octanol–water partition coefficient (Wildman–Crippen LogP) is 1.59. The van der Waals surface area contributed by atoms with Crippen molar-refractivity contribution in [1.29, 1.82) is 0 Å². The van der Waals surface area contributed by atoms with Crippen LogP contribution in [0.25, 0.3) is 0 Å². The van der Waals surface area contributed by atoms with Gasteiger partial charge < -0.3 is 9.84 Å². The zero-order valence-corrected chi connectivity index (χ0v) is 7.58. The zero-order valence-electron chi connectivity index (χ0n) is 7.58. The maximum atomic E-state index is 13.2. The van der Waals surface area contributed by atoms with Crippen molar-refractivity contribution in [3.63, 3.8) is 0 Å².